The molecule has 0 bridgehead atoms. The van der Waals surface area contributed by atoms with Crippen molar-refractivity contribution in [2.24, 2.45) is 0 Å². The lowest BCUT2D eigenvalue weighted by Crippen LogP contribution is -2.23. The number of hydrogen-bond acceptors (Lipinski definition) is 4. The average Bonchev–Trinajstić information content (AvgIpc) is 3.38. The van der Waals surface area contributed by atoms with Crippen molar-refractivity contribution in [1.29, 1.82) is 0 Å². The first-order chi connectivity index (χ1) is 21.8. The summed E-state index contributed by atoms with van der Waals surface area (Å²) in [4.78, 5) is 11.6. The molecule has 0 unspecified atom stereocenters. The van der Waals surface area contributed by atoms with Gasteiger partial charge in [0.15, 0.2) is 0 Å². The molecule has 0 saturated heterocycles. The van der Waals surface area contributed by atoms with Crippen molar-refractivity contribution in [1.82, 2.24) is 19.9 Å². The van der Waals surface area contributed by atoms with Gasteiger partial charge in [-0.1, -0.05) is 60.7 Å². The number of aromatic nitrogens is 3. The smallest absolute Gasteiger partial charge is 0.0702 e. The third-order valence-electron chi connectivity index (χ3n) is 8.72. The number of benzene rings is 4. The first-order valence-corrected chi connectivity index (χ1v) is 14.9. The molecule has 0 amide bonds. The first kappa shape index (κ1) is 24.6. The lowest BCUT2D eigenvalue weighted by molar-refractivity contribution is 0.966. The number of hydrogen-bond donors (Lipinski definition) is 1. The highest BCUT2D eigenvalue weighted by Crippen LogP contribution is 2.50. The van der Waals surface area contributed by atoms with E-state index in [1.807, 2.05) is 30.7 Å². The monoisotopic (exact) mass is 565 g/mol. The van der Waals surface area contributed by atoms with Crippen LogP contribution in [0.15, 0.2) is 152 Å². The lowest BCUT2D eigenvalue weighted by atomic mass is 9.97. The van der Waals surface area contributed by atoms with Crippen LogP contribution in [0.5, 0.6) is 0 Å². The van der Waals surface area contributed by atoms with Crippen LogP contribution in [-0.2, 0) is 0 Å². The minimum absolute atomic E-state index is 0.723. The fourth-order valence-corrected chi connectivity index (χ4v) is 6.80. The molecule has 5 heteroatoms. The SMILES string of the molecule is C1=CC2=C(CN1)c1c(n(-c3ccccc3)c3ccccc13)-c1cnccc1N2c1ccc2cc(-c3ccccn3)ccc2c1. The summed E-state index contributed by atoms with van der Waals surface area (Å²) >= 11 is 0. The van der Waals surface area contributed by atoms with Gasteiger partial charge in [-0.05, 0) is 77.6 Å². The van der Waals surface area contributed by atoms with Crippen LogP contribution in [0.2, 0.25) is 0 Å². The Balaban J connectivity index is 1.31. The largest absolute Gasteiger partial charge is 0.387 e. The van der Waals surface area contributed by atoms with E-state index in [1.54, 1.807) is 0 Å². The second-order valence-corrected chi connectivity index (χ2v) is 11.2. The van der Waals surface area contributed by atoms with Crippen LogP contribution in [-0.4, -0.2) is 21.1 Å². The molecule has 9 rings (SSSR count). The fraction of sp³-hybridized carbons (Fsp3) is 0.0256. The summed E-state index contributed by atoms with van der Waals surface area (Å²) in [7, 11) is 0. The molecule has 5 nitrogen and oxygen atoms in total. The van der Waals surface area contributed by atoms with Crippen molar-refractivity contribution in [3.05, 3.63) is 157 Å². The molecule has 0 spiro atoms. The van der Waals surface area contributed by atoms with Gasteiger partial charge in [-0.15, -0.1) is 0 Å². The van der Waals surface area contributed by atoms with E-state index in [4.69, 9.17) is 0 Å². The zero-order valence-electron chi connectivity index (χ0n) is 23.9. The maximum absolute atomic E-state index is 4.68. The van der Waals surface area contributed by atoms with Gasteiger partial charge in [0.25, 0.3) is 0 Å². The number of anilines is 2. The number of nitrogens with one attached hydrogen (secondary N) is 1. The second kappa shape index (κ2) is 9.82. The van der Waals surface area contributed by atoms with Gasteiger partial charge in [-0.3, -0.25) is 9.97 Å². The standard InChI is InChI=1S/C39H27N5/c1-2-8-29(9-3-1)44-35-12-5-4-10-31(35)38-32-24-40-20-17-36(32)43(37-18-21-41-25-33(37)39(38)44)30-16-15-26-22-28(14-13-27(26)23-30)34-11-6-7-19-42-34/h1-23,25,40H,24H2. The van der Waals surface area contributed by atoms with E-state index in [1.165, 1.54) is 32.8 Å². The molecule has 0 fully saturated rings. The number of pyridine rings is 2. The average molecular weight is 566 g/mol. The topological polar surface area (TPSA) is 46.0 Å². The highest BCUT2D eigenvalue weighted by molar-refractivity contribution is 6.08. The Kier molecular flexibility index (Phi) is 5.50. The number of para-hydroxylation sites is 2. The summed E-state index contributed by atoms with van der Waals surface area (Å²) in [5.41, 5.74) is 12.5. The number of rotatable bonds is 3. The van der Waals surface area contributed by atoms with Gasteiger partial charge in [0, 0.05) is 64.2 Å². The van der Waals surface area contributed by atoms with Crippen LogP contribution in [0.25, 0.3) is 55.5 Å². The van der Waals surface area contributed by atoms with Gasteiger partial charge in [-0.25, -0.2) is 0 Å². The van der Waals surface area contributed by atoms with Gasteiger partial charge >= 0.3 is 0 Å². The summed E-state index contributed by atoms with van der Waals surface area (Å²) in [5, 5.41) is 7.11. The Labute approximate surface area is 255 Å². The van der Waals surface area contributed by atoms with Gasteiger partial charge in [0.2, 0.25) is 0 Å². The number of nitrogens with zero attached hydrogens (tertiary/aromatic N) is 4. The minimum Gasteiger partial charge on any atom is -0.387 e. The molecule has 44 heavy (non-hydrogen) atoms. The van der Waals surface area contributed by atoms with Crippen LogP contribution >= 0.6 is 0 Å². The summed E-state index contributed by atoms with van der Waals surface area (Å²) in [5.74, 6) is 0. The van der Waals surface area contributed by atoms with Crippen molar-refractivity contribution in [3.63, 3.8) is 0 Å². The zero-order chi connectivity index (χ0) is 29.0. The maximum Gasteiger partial charge on any atom is 0.0702 e. The Morgan fingerprint density at radius 2 is 1.55 bits per heavy atom. The fourth-order valence-electron chi connectivity index (χ4n) is 6.80. The lowest BCUT2D eigenvalue weighted by Gasteiger charge is -2.30. The summed E-state index contributed by atoms with van der Waals surface area (Å²) in [6.45, 7) is 0.723. The Bertz CT molecular complexity index is 2280. The molecule has 7 aromatic rings. The highest BCUT2D eigenvalue weighted by atomic mass is 15.2. The summed E-state index contributed by atoms with van der Waals surface area (Å²) < 4.78 is 2.40. The van der Waals surface area contributed by atoms with Crippen molar-refractivity contribution in [2.75, 3.05) is 11.4 Å². The van der Waals surface area contributed by atoms with E-state index in [0.29, 0.717) is 0 Å². The molecule has 0 saturated carbocycles. The summed E-state index contributed by atoms with van der Waals surface area (Å²) in [6, 6.07) is 40.9. The van der Waals surface area contributed by atoms with E-state index >= 15 is 0 Å². The third-order valence-corrected chi connectivity index (χ3v) is 8.72. The van der Waals surface area contributed by atoms with E-state index in [2.05, 4.69) is 140 Å². The molecule has 208 valence electrons. The van der Waals surface area contributed by atoms with E-state index in [0.717, 1.165) is 51.8 Å². The van der Waals surface area contributed by atoms with Gasteiger partial charge < -0.3 is 14.8 Å². The van der Waals surface area contributed by atoms with Crippen LogP contribution in [0, 0.1) is 0 Å². The van der Waals surface area contributed by atoms with Gasteiger partial charge in [0.1, 0.15) is 0 Å². The summed E-state index contributed by atoms with van der Waals surface area (Å²) in [6.07, 6.45) is 10.0. The van der Waals surface area contributed by atoms with Crippen molar-refractivity contribution >= 4 is 38.6 Å². The molecule has 0 atom stereocenters. The Hall–Kier alpha value is -5.94. The predicted molar refractivity (Wildman–Crippen MR) is 180 cm³/mol. The van der Waals surface area contributed by atoms with E-state index < -0.39 is 0 Å². The van der Waals surface area contributed by atoms with Crippen molar-refractivity contribution in [2.45, 2.75) is 0 Å². The minimum atomic E-state index is 0.723. The quantitative estimate of drug-likeness (QED) is 0.232. The van der Waals surface area contributed by atoms with Crippen LogP contribution in [0.3, 0.4) is 0 Å². The van der Waals surface area contributed by atoms with E-state index in [9.17, 15) is 0 Å². The molecule has 4 aromatic carbocycles. The number of allylic oxidation sites excluding steroid dienone is 1. The Morgan fingerprint density at radius 1 is 0.705 bits per heavy atom. The molecule has 0 aliphatic carbocycles. The van der Waals surface area contributed by atoms with Crippen LogP contribution < -0.4 is 10.2 Å². The number of dihydropyridines is 1. The molecule has 3 aromatic heterocycles. The Morgan fingerprint density at radius 3 is 2.45 bits per heavy atom. The molecule has 2 aliphatic heterocycles. The van der Waals surface area contributed by atoms with Gasteiger partial charge in [-0.2, -0.15) is 0 Å². The zero-order valence-corrected chi connectivity index (χ0v) is 23.9. The van der Waals surface area contributed by atoms with Gasteiger partial charge in [0.05, 0.1) is 28.3 Å². The molecular weight excluding hydrogens is 538 g/mol. The van der Waals surface area contributed by atoms with Crippen LogP contribution in [0.4, 0.5) is 11.4 Å². The van der Waals surface area contributed by atoms with Crippen molar-refractivity contribution < 1.29 is 0 Å². The molecule has 0 radical (unpaired) electrons. The maximum atomic E-state index is 4.68. The van der Waals surface area contributed by atoms with Crippen LogP contribution in [0.1, 0.15) is 5.56 Å². The van der Waals surface area contributed by atoms with E-state index in [-0.39, 0.29) is 0 Å². The predicted octanol–water partition coefficient (Wildman–Crippen LogP) is 8.89. The third kappa shape index (κ3) is 3.73. The second-order valence-electron chi connectivity index (χ2n) is 11.2. The normalized spacial score (nSPS) is 13.8. The number of fused-ring (bicyclic) bond motifs is 7. The van der Waals surface area contributed by atoms with Crippen molar-refractivity contribution in [3.8, 4) is 28.2 Å². The molecule has 2 aliphatic rings. The molecular formula is C39H27N5. The molecule has 5 heterocycles. The first-order valence-electron chi connectivity index (χ1n) is 14.9. The molecule has 1 N–H and O–H groups in total. The highest BCUT2D eigenvalue weighted by Gasteiger charge is 2.33.